The summed E-state index contributed by atoms with van der Waals surface area (Å²) < 4.78 is 15.6. The van der Waals surface area contributed by atoms with Crippen molar-refractivity contribution in [3.63, 3.8) is 0 Å². The lowest BCUT2D eigenvalue weighted by molar-refractivity contribution is -0.133. The van der Waals surface area contributed by atoms with Crippen LogP contribution in [0.3, 0.4) is 0 Å². The molecule has 2 aromatic carbocycles. The van der Waals surface area contributed by atoms with Crippen molar-refractivity contribution in [2.24, 2.45) is 0 Å². The van der Waals surface area contributed by atoms with E-state index in [1.54, 1.807) is 6.07 Å². The van der Waals surface area contributed by atoms with Gasteiger partial charge in [-0.1, -0.05) is 48.5 Å². The highest BCUT2D eigenvalue weighted by Crippen LogP contribution is 2.27. The first kappa shape index (κ1) is 15.6. The number of carbonyl (C=O) groups excluding carboxylic acids is 1. The molecule has 0 heterocycles. The van der Waals surface area contributed by atoms with Crippen LogP contribution in [0.2, 0.25) is 0 Å². The van der Waals surface area contributed by atoms with Crippen LogP contribution in [-0.2, 0) is 20.9 Å². The molecule has 22 heavy (non-hydrogen) atoms. The van der Waals surface area contributed by atoms with Crippen LogP contribution < -0.4 is 4.74 Å². The van der Waals surface area contributed by atoms with E-state index in [-0.39, 0.29) is 0 Å². The Hall–Kier alpha value is -2.75. The maximum Gasteiger partial charge on any atom is 0.341 e. The van der Waals surface area contributed by atoms with Gasteiger partial charge in [0.2, 0.25) is 0 Å². The molecule has 0 aliphatic heterocycles. The Morgan fingerprint density at radius 1 is 1.00 bits per heavy atom. The summed E-state index contributed by atoms with van der Waals surface area (Å²) in [7, 11) is 2.82. The second-order valence-electron chi connectivity index (χ2n) is 4.53. The Bertz CT molecular complexity index is 647. The van der Waals surface area contributed by atoms with Gasteiger partial charge < -0.3 is 14.2 Å². The first-order valence-corrected chi connectivity index (χ1v) is 6.83. The molecule has 0 unspecified atom stereocenters. The van der Waals surface area contributed by atoms with Crippen molar-refractivity contribution in [3.05, 3.63) is 72.0 Å². The van der Waals surface area contributed by atoms with Crippen molar-refractivity contribution in [1.82, 2.24) is 0 Å². The molecule has 2 rings (SSSR count). The molecule has 114 valence electrons. The van der Waals surface area contributed by atoms with Crippen LogP contribution in [0.4, 0.5) is 0 Å². The van der Waals surface area contributed by atoms with Gasteiger partial charge in [-0.3, -0.25) is 0 Å². The van der Waals surface area contributed by atoms with Crippen LogP contribution in [0.25, 0.3) is 5.57 Å². The van der Waals surface area contributed by atoms with Gasteiger partial charge >= 0.3 is 5.97 Å². The zero-order valence-corrected chi connectivity index (χ0v) is 12.6. The van der Waals surface area contributed by atoms with Gasteiger partial charge in [-0.15, -0.1) is 0 Å². The summed E-state index contributed by atoms with van der Waals surface area (Å²) in [6, 6.07) is 17.1. The average Bonchev–Trinajstić information content (AvgIpc) is 2.58. The van der Waals surface area contributed by atoms with Crippen molar-refractivity contribution in [2.75, 3.05) is 14.2 Å². The number of hydrogen-bond donors (Lipinski definition) is 0. The summed E-state index contributed by atoms with van der Waals surface area (Å²) >= 11 is 0. The number of ether oxygens (including phenoxy) is 3. The molecule has 0 aliphatic carbocycles. The maximum absolute atomic E-state index is 11.9. The zero-order chi connectivity index (χ0) is 15.8. The molecule has 0 atom stereocenters. The molecular formula is C18H18O4. The Morgan fingerprint density at radius 2 is 1.68 bits per heavy atom. The molecule has 0 bridgehead atoms. The fourth-order valence-electron chi connectivity index (χ4n) is 2.00. The molecule has 0 radical (unpaired) electrons. The molecule has 0 spiro atoms. The molecule has 4 nitrogen and oxygen atoms in total. The molecule has 0 aromatic heterocycles. The number of para-hydroxylation sites is 1. The topological polar surface area (TPSA) is 44.8 Å². The van der Waals surface area contributed by atoms with Crippen molar-refractivity contribution >= 4 is 11.5 Å². The first-order chi connectivity index (χ1) is 10.8. The molecule has 2 aromatic rings. The quantitative estimate of drug-likeness (QED) is 0.465. The zero-order valence-electron chi connectivity index (χ0n) is 12.6. The van der Waals surface area contributed by atoms with E-state index in [9.17, 15) is 4.79 Å². The second kappa shape index (κ2) is 7.88. The van der Waals surface area contributed by atoms with E-state index in [0.717, 1.165) is 5.56 Å². The van der Waals surface area contributed by atoms with Crippen LogP contribution in [0.15, 0.2) is 60.9 Å². The number of rotatable bonds is 6. The molecule has 0 saturated heterocycles. The van der Waals surface area contributed by atoms with E-state index in [1.165, 1.54) is 20.5 Å². The monoisotopic (exact) mass is 298 g/mol. The van der Waals surface area contributed by atoms with Gasteiger partial charge in [0.25, 0.3) is 0 Å². The molecule has 0 amide bonds. The van der Waals surface area contributed by atoms with Crippen LogP contribution >= 0.6 is 0 Å². The van der Waals surface area contributed by atoms with Gasteiger partial charge in [-0.05, 0) is 11.6 Å². The Morgan fingerprint density at radius 3 is 2.36 bits per heavy atom. The lowest BCUT2D eigenvalue weighted by atomic mass is 10.1. The highest BCUT2D eigenvalue weighted by Gasteiger charge is 2.17. The summed E-state index contributed by atoms with van der Waals surface area (Å²) in [5, 5.41) is 0. The Balaban J connectivity index is 2.26. The largest absolute Gasteiger partial charge is 0.503 e. The number of carbonyl (C=O) groups is 1. The van der Waals surface area contributed by atoms with E-state index >= 15 is 0 Å². The van der Waals surface area contributed by atoms with E-state index in [0.29, 0.717) is 23.5 Å². The van der Waals surface area contributed by atoms with Crippen molar-refractivity contribution in [1.29, 1.82) is 0 Å². The predicted molar refractivity (Wildman–Crippen MR) is 84.2 cm³/mol. The fourth-order valence-corrected chi connectivity index (χ4v) is 2.00. The summed E-state index contributed by atoms with van der Waals surface area (Å²) in [6.45, 7) is 0.416. The fraction of sp³-hybridized carbons (Fsp3) is 0.167. The van der Waals surface area contributed by atoms with Gasteiger partial charge in [0.15, 0.2) is 0 Å². The van der Waals surface area contributed by atoms with Crippen molar-refractivity contribution in [2.45, 2.75) is 6.61 Å². The average molecular weight is 298 g/mol. The van der Waals surface area contributed by atoms with Crippen LogP contribution in [0.5, 0.6) is 5.75 Å². The van der Waals surface area contributed by atoms with E-state index in [2.05, 4.69) is 0 Å². The minimum Gasteiger partial charge on any atom is -0.503 e. The molecule has 0 N–H and O–H groups in total. The molecule has 4 heteroatoms. The summed E-state index contributed by atoms with van der Waals surface area (Å²) in [5.41, 5.74) is 1.99. The van der Waals surface area contributed by atoms with E-state index < -0.39 is 5.97 Å². The number of esters is 1. The van der Waals surface area contributed by atoms with Crippen LogP contribution in [0, 0.1) is 0 Å². The summed E-state index contributed by atoms with van der Waals surface area (Å²) in [6.07, 6.45) is 1.36. The lowest BCUT2D eigenvalue weighted by Crippen LogP contribution is -2.06. The van der Waals surface area contributed by atoms with Crippen molar-refractivity contribution < 1.29 is 19.0 Å². The first-order valence-electron chi connectivity index (χ1n) is 6.83. The van der Waals surface area contributed by atoms with Gasteiger partial charge in [-0.2, -0.15) is 0 Å². The predicted octanol–water partition coefficient (Wildman–Crippen LogP) is 3.43. The third-order valence-corrected chi connectivity index (χ3v) is 3.06. The van der Waals surface area contributed by atoms with Crippen molar-refractivity contribution in [3.8, 4) is 5.75 Å². The van der Waals surface area contributed by atoms with Gasteiger partial charge in [0.05, 0.1) is 20.5 Å². The second-order valence-corrected chi connectivity index (χ2v) is 4.53. The number of benzene rings is 2. The number of methoxy groups -OCH3 is 2. The molecular weight excluding hydrogens is 280 g/mol. The standard InChI is InChI=1S/C18H18O4/c1-20-13-16(18(19)21-2)15-10-6-7-11-17(15)22-12-14-8-4-3-5-9-14/h3-11,13H,12H2,1-2H3/b16-13-. The highest BCUT2D eigenvalue weighted by atomic mass is 16.5. The summed E-state index contributed by atoms with van der Waals surface area (Å²) in [4.78, 5) is 11.9. The lowest BCUT2D eigenvalue weighted by Gasteiger charge is -2.13. The van der Waals surface area contributed by atoms with Gasteiger partial charge in [-0.25, -0.2) is 4.79 Å². The molecule has 0 saturated carbocycles. The minimum absolute atomic E-state index is 0.314. The Kier molecular flexibility index (Phi) is 5.60. The minimum atomic E-state index is -0.474. The SMILES string of the molecule is CO/C=C(\C(=O)OC)c1ccccc1OCc1ccccc1. The maximum atomic E-state index is 11.9. The van der Waals surface area contributed by atoms with E-state index in [1.807, 2.05) is 48.5 Å². The molecule has 0 aliphatic rings. The Labute approximate surface area is 129 Å². The molecule has 0 fully saturated rings. The third kappa shape index (κ3) is 3.88. The number of hydrogen-bond acceptors (Lipinski definition) is 4. The van der Waals surface area contributed by atoms with Gasteiger partial charge in [0.1, 0.15) is 17.9 Å². The smallest absolute Gasteiger partial charge is 0.341 e. The third-order valence-electron chi connectivity index (χ3n) is 3.06. The highest BCUT2D eigenvalue weighted by molar-refractivity contribution is 6.16. The van der Waals surface area contributed by atoms with Crippen LogP contribution in [-0.4, -0.2) is 20.2 Å². The summed E-state index contributed by atoms with van der Waals surface area (Å²) in [5.74, 6) is 0.123. The van der Waals surface area contributed by atoms with Crippen LogP contribution in [0.1, 0.15) is 11.1 Å². The van der Waals surface area contributed by atoms with Gasteiger partial charge in [0, 0.05) is 5.56 Å². The normalized spacial score (nSPS) is 10.9. The van der Waals surface area contributed by atoms with E-state index in [4.69, 9.17) is 14.2 Å².